The van der Waals surface area contributed by atoms with E-state index in [0.29, 0.717) is 22.2 Å². The number of aromatic nitrogens is 2. The lowest BCUT2D eigenvalue weighted by Crippen LogP contribution is -2.35. The van der Waals surface area contributed by atoms with Crippen molar-refractivity contribution in [3.8, 4) is 5.69 Å². The van der Waals surface area contributed by atoms with Gasteiger partial charge in [-0.3, -0.25) is 9.78 Å². The van der Waals surface area contributed by atoms with Crippen LogP contribution in [0, 0.1) is 13.8 Å². The number of alkyl halides is 3. The van der Waals surface area contributed by atoms with Crippen LogP contribution in [0.1, 0.15) is 47.2 Å². The van der Waals surface area contributed by atoms with E-state index in [2.05, 4.69) is 10.3 Å². The van der Waals surface area contributed by atoms with E-state index in [1.807, 2.05) is 18.2 Å². The van der Waals surface area contributed by atoms with Gasteiger partial charge in [-0.15, -0.1) is 0 Å². The monoisotopic (exact) mass is 502 g/mol. The Kier molecular flexibility index (Phi) is 6.84. The average molecular weight is 503 g/mol. The van der Waals surface area contributed by atoms with Gasteiger partial charge in [-0.05, 0) is 68.9 Å². The Labute approximate surface area is 206 Å². The van der Waals surface area contributed by atoms with Crippen LogP contribution >= 0.6 is 12.2 Å². The molecule has 0 saturated carbocycles. The molecule has 6 nitrogen and oxygen atoms in total. The number of esters is 1. The minimum Gasteiger partial charge on any atom is -0.465 e. The minimum absolute atomic E-state index is 0.0427. The quantitative estimate of drug-likeness (QED) is 0.376. The van der Waals surface area contributed by atoms with Crippen molar-refractivity contribution in [3.63, 3.8) is 0 Å². The molecule has 1 aliphatic rings. The van der Waals surface area contributed by atoms with E-state index in [0.717, 1.165) is 11.6 Å². The van der Waals surface area contributed by atoms with Gasteiger partial charge >= 0.3 is 12.1 Å². The Bertz CT molecular complexity index is 1240. The second kappa shape index (κ2) is 9.69. The maximum absolute atomic E-state index is 13.8. The highest BCUT2D eigenvalue weighted by Gasteiger charge is 2.43. The molecule has 1 saturated heterocycles. The van der Waals surface area contributed by atoms with E-state index in [4.69, 9.17) is 17.0 Å². The van der Waals surface area contributed by atoms with Gasteiger partial charge in [0.15, 0.2) is 5.11 Å². The average Bonchev–Trinajstić information content (AvgIpc) is 3.29. The number of ether oxygens (including phenoxy) is 1. The molecule has 1 fully saturated rings. The lowest BCUT2D eigenvalue weighted by molar-refractivity contribution is -0.143. The summed E-state index contributed by atoms with van der Waals surface area (Å²) in [5.41, 5.74) is 2.01. The van der Waals surface area contributed by atoms with E-state index in [9.17, 15) is 18.0 Å². The van der Waals surface area contributed by atoms with Crippen molar-refractivity contribution in [2.45, 2.75) is 39.0 Å². The molecule has 0 amide bonds. The van der Waals surface area contributed by atoms with Gasteiger partial charge in [0.2, 0.25) is 0 Å². The summed E-state index contributed by atoms with van der Waals surface area (Å²) in [7, 11) is 0. The van der Waals surface area contributed by atoms with E-state index < -0.39 is 29.8 Å². The number of benzene rings is 1. The number of nitrogens with zero attached hydrogens (tertiary/aromatic N) is 3. The molecule has 35 heavy (non-hydrogen) atoms. The maximum atomic E-state index is 13.8. The number of carbonyl (C=O) groups is 1. The van der Waals surface area contributed by atoms with Crippen LogP contribution in [0.25, 0.3) is 5.69 Å². The molecule has 3 aromatic rings. The highest BCUT2D eigenvalue weighted by Crippen LogP contribution is 2.42. The number of pyridine rings is 1. The summed E-state index contributed by atoms with van der Waals surface area (Å²) in [6, 6.07) is 11.9. The third-order valence-electron chi connectivity index (χ3n) is 6.04. The zero-order valence-electron chi connectivity index (χ0n) is 19.5. The fraction of sp³-hybridized carbons (Fsp3) is 0.320. The van der Waals surface area contributed by atoms with Gasteiger partial charge in [0, 0.05) is 17.6 Å². The lowest BCUT2D eigenvalue weighted by Gasteiger charge is -2.27. The van der Waals surface area contributed by atoms with Crippen molar-refractivity contribution in [2.75, 3.05) is 13.2 Å². The van der Waals surface area contributed by atoms with Gasteiger partial charge in [-0.1, -0.05) is 18.2 Å². The number of thiocarbonyl (C=S) groups is 1. The molecule has 1 aliphatic heterocycles. The molecule has 4 rings (SSSR count). The molecule has 3 heterocycles. The van der Waals surface area contributed by atoms with E-state index in [1.54, 1.807) is 48.6 Å². The Morgan fingerprint density at radius 1 is 1.17 bits per heavy atom. The van der Waals surface area contributed by atoms with E-state index in [1.165, 1.54) is 12.1 Å². The van der Waals surface area contributed by atoms with Gasteiger partial charge in [0.25, 0.3) is 0 Å². The standard InChI is InChI=1S/C25H25F3N4O2S/c1-4-34-21(33)14-31-23(22(30-24(31)35)19-10-7-8-12-29-19)17-13-15(2)32(16(17)3)20-11-6-5-9-18(20)25(26,27)28/h5-13,22-23H,4,14H2,1-3H3,(H,30,35)/t22-,23+/m0/s1. The molecule has 0 bridgehead atoms. The Morgan fingerprint density at radius 2 is 1.89 bits per heavy atom. The van der Waals surface area contributed by atoms with Crippen LogP contribution in [0.4, 0.5) is 13.2 Å². The van der Waals surface area contributed by atoms with Crippen LogP contribution in [0.15, 0.2) is 54.7 Å². The van der Waals surface area contributed by atoms with Crippen LogP contribution < -0.4 is 5.32 Å². The van der Waals surface area contributed by atoms with Crippen molar-refractivity contribution in [1.82, 2.24) is 19.8 Å². The first-order valence-corrected chi connectivity index (χ1v) is 11.5. The minimum atomic E-state index is -4.51. The molecule has 0 aliphatic carbocycles. The Balaban J connectivity index is 1.86. The van der Waals surface area contributed by atoms with Crippen LogP contribution in [0.2, 0.25) is 0 Å². The number of hydrogen-bond acceptors (Lipinski definition) is 4. The number of carbonyl (C=O) groups excluding carboxylic acids is 1. The van der Waals surface area contributed by atoms with Gasteiger partial charge in [0.05, 0.1) is 35.6 Å². The fourth-order valence-electron chi connectivity index (χ4n) is 4.63. The zero-order valence-corrected chi connectivity index (χ0v) is 20.3. The van der Waals surface area contributed by atoms with Crippen molar-refractivity contribution in [2.24, 2.45) is 0 Å². The molecular formula is C25H25F3N4O2S. The number of hydrogen-bond donors (Lipinski definition) is 1. The van der Waals surface area contributed by atoms with Crippen LogP contribution in [-0.4, -0.2) is 38.7 Å². The Hall–Kier alpha value is -3.40. The smallest absolute Gasteiger partial charge is 0.418 e. The van der Waals surface area contributed by atoms with Crippen LogP contribution in [-0.2, 0) is 15.7 Å². The summed E-state index contributed by atoms with van der Waals surface area (Å²) in [4.78, 5) is 18.6. The topological polar surface area (TPSA) is 59.4 Å². The normalized spacial score (nSPS) is 18.0. The molecule has 2 atom stereocenters. The van der Waals surface area contributed by atoms with Gasteiger partial charge in [-0.2, -0.15) is 13.2 Å². The number of aryl methyl sites for hydroxylation is 1. The molecule has 0 unspecified atom stereocenters. The van der Waals surface area contributed by atoms with Gasteiger partial charge < -0.3 is 19.5 Å². The predicted molar refractivity (Wildman–Crippen MR) is 129 cm³/mol. The largest absolute Gasteiger partial charge is 0.465 e. The number of para-hydroxylation sites is 1. The molecular weight excluding hydrogens is 477 g/mol. The fourth-order valence-corrected chi connectivity index (χ4v) is 4.93. The van der Waals surface area contributed by atoms with Crippen LogP contribution in [0.3, 0.4) is 0 Å². The zero-order chi connectivity index (χ0) is 25.3. The number of halogens is 3. The molecule has 0 radical (unpaired) electrons. The number of nitrogens with one attached hydrogen (secondary N) is 1. The molecule has 1 aromatic carbocycles. The summed E-state index contributed by atoms with van der Waals surface area (Å²) in [6.07, 6.45) is -2.85. The first-order valence-electron chi connectivity index (χ1n) is 11.1. The second-order valence-electron chi connectivity index (χ2n) is 8.24. The van der Waals surface area contributed by atoms with Crippen molar-refractivity contribution in [1.29, 1.82) is 0 Å². The highest BCUT2D eigenvalue weighted by atomic mass is 32.1. The molecule has 10 heteroatoms. The van der Waals surface area contributed by atoms with Crippen molar-refractivity contribution in [3.05, 3.63) is 82.9 Å². The summed E-state index contributed by atoms with van der Waals surface area (Å²) >= 11 is 5.57. The first kappa shape index (κ1) is 24.7. The van der Waals surface area contributed by atoms with Crippen LogP contribution in [0.5, 0.6) is 0 Å². The van der Waals surface area contributed by atoms with Crippen molar-refractivity contribution >= 4 is 23.3 Å². The Morgan fingerprint density at radius 3 is 2.54 bits per heavy atom. The molecule has 1 N–H and O–H groups in total. The SMILES string of the molecule is CCOC(=O)CN1C(=S)N[C@@H](c2ccccn2)[C@H]1c1cc(C)n(-c2ccccc2C(F)(F)F)c1C. The highest BCUT2D eigenvalue weighted by molar-refractivity contribution is 7.80. The summed E-state index contributed by atoms with van der Waals surface area (Å²) < 4.78 is 48.2. The third-order valence-corrected chi connectivity index (χ3v) is 6.39. The summed E-state index contributed by atoms with van der Waals surface area (Å²) in [6.45, 7) is 5.38. The van der Waals surface area contributed by atoms with E-state index in [-0.39, 0.29) is 18.8 Å². The summed E-state index contributed by atoms with van der Waals surface area (Å²) in [5.74, 6) is -0.445. The molecule has 2 aromatic heterocycles. The van der Waals surface area contributed by atoms with Gasteiger partial charge in [0.1, 0.15) is 6.54 Å². The summed E-state index contributed by atoms with van der Waals surface area (Å²) in [5, 5.41) is 3.59. The third kappa shape index (κ3) is 4.75. The first-order chi connectivity index (χ1) is 16.6. The van der Waals surface area contributed by atoms with E-state index >= 15 is 0 Å². The number of rotatable bonds is 6. The molecule has 184 valence electrons. The lowest BCUT2D eigenvalue weighted by atomic mass is 9.96. The molecule has 0 spiro atoms. The predicted octanol–water partition coefficient (Wildman–Crippen LogP) is 5.04. The van der Waals surface area contributed by atoms with Gasteiger partial charge in [-0.25, -0.2) is 0 Å². The maximum Gasteiger partial charge on any atom is 0.418 e. The van der Waals surface area contributed by atoms with Crippen molar-refractivity contribution < 1.29 is 22.7 Å². The second-order valence-corrected chi connectivity index (χ2v) is 8.62.